The van der Waals surface area contributed by atoms with E-state index in [1.807, 2.05) is 0 Å². The Balaban J connectivity index is 2.39. The van der Waals surface area contributed by atoms with E-state index in [0.717, 1.165) is 6.54 Å². The standard InChI is InChI=1S/C15H21N/c1-10(2)12-5-6-15-13(7-12)8-14(9-16-15)11(3)4/h5-8,10-11,16H,9H2,1-4H3. The Labute approximate surface area is 98.6 Å². The van der Waals surface area contributed by atoms with Gasteiger partial charge in [0.25, 0.3) is 0 Å². The zero-order chi connectivity index (χ0) is 11.7. The number of benzene rings is 1. The van der Waals surface area contributed by atoms with Crippen molar-refractivity contribution in [2.75, 3.05) is 11.9 Å². The average molecular weight is 215 g/mol. The van der Waals surface area contributed by atoms with Crippen LogP contribution in [0.1, 0.15) is 44.7 Å². The minimum absolute atomic E-state index is 0.600. The maximum atomic E-state index is 3.49. The first-order valence-corrected chi connectivity index (χ1v) is 6.16. The molecular weight excluding hydrogens is 194 g/mol. The number of nitrogens with one attached hydrogen (secondary N) is 1. The molecule has 1 N–H and O–H groups in total. The zero-order valence-electron chi connectivity index (χ0n) is 10.7. The van der Waals surface area contributed by atoms with Crippen molar-refractivity contribution in [3.8, 4) is 0 Å². The van der Waals surface area contributed by atoms with Crippen LogP contribution in [0.2, 0.25) is 0 Å². The summed E-state index contributed by atoms with van der Waals surface area (Å²) in [5, 5.41) is 3.49. The van der Waals surface area contributed by atoms with Gasteiger partial charge in [0.05, 0.1) is 0 Å². The molecule has 1 aromatic carbocycles. The fraction of sp³-hybridized carbons (Fsp3) is 0.467. The van der Waals surface area contributed by atoms with Crippen LogP contribution >= 0.6 is 0 Å². The molecule has 0 aliphatic carbocycles. The number of hydrogen-bond acceptors (Lipinski definition) is 1. The third-order valence-electron chi connectivity index (χ3n) is 3.31. The molecule has 0 bridgehead atoms. The third-order valence-corrected chi connectivity index (χ3v) is 3.31. The Bertz CT molecular complexity index is 413. The van der Waals surface area contributed by atoms with E-state index in [4.69, 9.17) is 0 Å². The van der Waals surface area contributed by atoms with Crippen molar-refractivity contribution in [1.29, 1.82) is 0 Å². The van der Waals surface area contributed by atoms with Crippen molar-refractivity contribution in [3.63, 3.8) is 0 Å². The summed E-state index contributed by atoms with van der Waals surface area (Å²) in [6.45, 7) is 9.98. The van der Waals surface area contributed by atoms with E-state index in [2.05, 4.69) is 57.3 Å². The Kier molecular flexibility index (Phi) is 3.04. The zero-order valence-corrected chi connectivity index (χ0v) is 10.7. The second-order valence-electron chi connectivity index (χ2n) is 5.23. The number of fused-ring (bicyclic) bond motifs is 1. The molecule has 0 amide bonds. The molecule has 1 nitrogen and oxygen atoms in total. The second-order valence-corrected chi connectivity index (χ2v) is 5.23. The van der Waals surface area contributed by atoms with Crippen molar-refractivity contribution in [2.45, 2.75) is 33.6 Å². The minimum atomic E-state index is 0.600. The molecule has 1 aliphatic rings. The summed E-state index contributed by atoms with van der Waals surface area (Å²) in [6.07, 6.45) is 2.35. The third kappa shape index (κ3) is 2.13. The van der Waals surface area contributed by atoms with Crippen LogP contribution in [0.5, 0.6) is 0 Å². The smallest absolute Gasteiger partial charge is 0.0416 e. The summed E-state index contributed by atoms with van der Waals surface area (Å²) in [5.74, 6) is 1.23. The molecule has 1 aromatic rings. The van der Waals surface area contributed by atoms with Crippen LogP contribution in [0.3, 0.4) is 0 Å². The van der Waals surface area contributed by atoms with Crippen molar-refractivity contribution < 1.29 is 0 Å². The predicted octanol–water partition coefficient (Wildman–Crippen LogP) is 4.27. The van der Waals surface area contributed by atoms with Gasteiger partial charge in [-0.15, -0.1) is 0 Å². The van der Waals surface area contributed by atoms with Crippen LogP contribution in [0.25, 0.3) is 6.08 Å². The van der Waals surface area contributed by atoms with Crippen LogP contribution < -0.4 is 5.32 Å². The van der Waals surface area contributed by atoms with Gasteiger partial charge in [0.15, 0.2) is 0 Å². The Morgan fingerprint density at radius 3 is 2.44 bits per heavy atom. The highest BCUT2D eigenvalue weighted by atomic mass is 14.9. The van der Waals surface area contributed by atoms with E-state index in [9.17, 15) is 0 Å². The van der Waals surface area contributed by atoms with Crippen molar-refractivity contribution >= 4 is 11.8 Å². The lowest BCUT2D eigenvalue weighted by atomic mass is 9.93. The van der Waals surface area contributed by atoms with Gasteiger partial charge in [-0.2, -0.15) is 0 Å². The number of anilines is 1. The van der Waals surface area contributed by atoms with Gasteiger partial charge in [0.2, 0.25) is 0 Å². The first-order valence-electron chi connectivity index (χ1n) is 6.16. The maximum absolute atomic E-state index is 3.49. The van der Waals surface area contributed by atoms with E-state index in [1.165, 1.54) is 22.4 Å². The SMILES string of the molecule is CC(C)C1=Cc2cc(C(C)C)ccc2NC1. The molecule has 0 aromatic heterocycles. The lowest BCUT2D eigenvalue weighted by molar-refractivity contribution is 0.758. The van der Waals surface area contributed by atoms with Gasteiger partial charge in [-0.05, 0) is 40.7 Å². The van der Waals surface area contributed by atoms with Crippen LogP contribution in [-0.2, 0) is 0 Å². The highest BCUT2D eigenvalue weighted by molar-refractivity contribution is 5.73. The van der Waals surface area contributed by atoms with Gasteiger partial charge < -0.3 is 5.32 Å². The lowest BCUT2D eigenvalue weighted by Gasteiger charge is -2.22. The van der Waals surface area contributed by atoms with E-state index >= 15 is 0 Å². The normalized spacial score (nSPS) is 14.8. The predicted molar refractivity (Wildman–Crippen MR) is 71.8 cm³/mol. The van der Waals surface area contributed by atoms with Crippen LogP contribution in [-0.4, -0.2) is 6.54 Å². The van der Waals surface area contributed by atoms with Gasteiger partial charge in [0.1, 0.15) is 0 Å². The molecule has 0 saturated heterocycles. The van der Waals surface area contributed by atoms with Crippen LogP contribution in [0, 0.1) is 5.92 Å². The molecule has 0 atom stereocenters. The Morgan fingerprint density at radius 2 is 1.81 bits per heavy atom. The molecular formula is C15H21N. The van der Waals surface area contributed by atoms with Gasteiger partial charge in [-0.3, -0.25) is 0 Å². The molecule has 1 heteroatoms. The second kappa shape index (κ2) is 4.32. The minimum Gasteiger partial charge on any atom is -0.381 e. The van der Waals surface area contributed by atoms with E-state index in [1.54, 1.807) is 0 Å². The summed E-state index contributed by atoms with van der Waals surface area (Å²) in [7, 11) is 0. The van der Waals surface area contributed by atoms with E-state index in [-0.39, 0.29) is 0 Å². The first-order chi connectivity index (χ1) is 7.58. The average Bonchev–Trinajstić information content (AvgIpc) is 2.27. The van der Waals surface area contributed by atoms with Gasteiger partial charge >= 0.3 is 0 Å². The molecule has 1 heterocycles. The summed E-state index contributed by atoms with van der Waals surface area (Å²) < 4.78 is 0. The van der Waals surface area contributed by atoms with Crippen molar-refractivity contribution in [3.05, 3.63) is 34.9 Å². The highest BCUT2D eigenvalue weighted by Crippen LogP contribution is 2.29. The highest BCUT2D eigenvalue weighted by Gasteiger charge is 2.12. The Morgan fingerprint density at radius 1 is 1.06 bits per heavy atom. The molecule has 86 valence electrons. The molecule has 2 rings (SSSR count). The van der Waals surface area contributed by atoms with Crippen molar-refractivity contribution in [1.82, 2.24) is 0 Å². The maximum Gasteiger partial charge on any atom is 0.0416 e. The summed E-state index contributed by atoms with van der Waals surface area (Å²) >= 11 is 0. The first kappa shape index (κ1) is 11.3. The van der Waals surface area contributed by atoms with E-state index < -0.39 is 0 Å². The molecule has 0 radical (unpaired) electrons. The molecule has 0 saturated carbocycles. The Hall–Kier alpha value is -1.24. The van der Waals surface area contributed by atoms with Gasteiger partial charge in [0, 0.05) is 12.2 Å². The molecule has 1 aliphatic heterocycles. The number of rotatable bonds is 2. The molecule has 0 fully saturated rings. The summed E-state index contributed by atoms with van der Waals surface area (Å²) in [4.78, 5) is 0. The molecule has 0 unspecified atom stereocenters. The monoisotopic (exact) mass is 215 g/mol. The fourth-order valence-corrected chi connectivity index (χ4v) is 2.04. The quantitative estimate of drug-likeness (QED) is 0.776. The van der Waals surface area contributed by atoms with E-state index in [0.29, 0.717) is 11.8 Å². The van der Waals surface area contributed by atoms with Gasteiger partial charge in [-0.25, -0.2) is 0 Å². The number of hydrogen-bond donors (Lipinski definition) is 1. The molecule has 16 heavy (non-hydrogen) atoms. The van der Waals surface area contributed by atoms with Crippen LogP contribution in [0.4, 0.5) is 5.69 Å². The lowest BCUT2D eigenvalue weighted by Crippen LogP contribution is -2.14. The van der Waals surface area contributed by atoms with Crippen LogP contribution in [0.15, 0.2) is 23.8 Å². The summed E-state index contributed by atoms with van der Waals surface area (Å²) in [6, 6.07) is 6.75. The topological polar surface area (TPSA) is 12.0 Å². The largest absolute Gasteiger partial charge is 0.381 e. The molecule has 0 spiro atoms. The van der Waals surface area contributed by atoms with Gasteiger partial charge in [-0.1, -0.05) is 39.8 Å². The van der Waals surface area contributed by atoms with Crippen molar-refractivity contribution in [2.24, 2.45) is 5.92 Å². The fourth-order valence-electron chi connectivity index (χ4n) is 2.04. The summed E-state index contributed by atoms with van der Waals surface area (Å²) in [5.41, 5.74) is 5.53.